The topological polar surface area (TPSA) is 0 Å². The van der Waals surface area contributed by atoms with E-state index in [0.29, 0.717) is 0 Å². The van der Waals surface area contributed by atoms with Crippen molar-refractivity contribution in [1.29, 1.82) is 0 Å². The summed E-state index contributed by atoms with van der Waals surface area (Å²) < 4.78 is 0. The molecule has 0 heterocycles. The quantitative estimate of drug-likeness (QED) is 0.459. The minimum Gasteiger partial charge on any atom is -0.0848 e. The molecule has 0 radical (unpaired) electrons. The van der Waals surface area contributed by atoms with Crippen molar-refractivity contribution in [1.82, 2.24) is 0 Å². The van der Waals surface area contributed by atoms with E-state index >= 15 is 0 Å². The van der Waals surface area contributed by atoms with Crippen molar-refractivity contribution in [2.24, 2.45) is 82.9 Å². The Morgan fingerprint density at radius 2 is 1.00 bits per heavy atom. The molecule has 7 saturated carbocycles. The number of rotatable bonds is 0. The first kappa shape index (κ1) is 10.5. The third-order valence-electron chi connectivity index (χ3n) is 10.8. The van der Waals surface area contributed by atoms with Gasteiger partial charge in [-0.25, -0.2) is 0 Å². The summed E-state index contributed by atoms with van der Waals surface area (Å²) in [5.74, 6) is 16.7. The molecule has 0 spiro atoms. The monoisotopic (exact) mass is 278 g/mol. The van der Waals surface area contributed by atoms with Crippen LogP contribution in [-0.2, 0) is 0 Å². The molecule has 0 N–H and O–H groups in total. The van der Waals surface area contributed by atoms with Crippen molar-refractivity contribution in [3.63, 3.8) is 0 Å². The van der Waals surface area contributed by atoms with Crippen molar-refractivity contribution >= 4 is 0 Å². The highest BCUT2D eigenvalue weighted by Crippen LogP contribution is 2.84. The Hall–Kier alpha value is -0.260. The Labute approximate surface area is 127 Å². The molecular formula is C21H26. The number of hydrogen-bond donors (Lipinski definition) is 0. The molecule has 0 heteroatoms. The molecule has 7 fully saturated rings. The molecule has 0 aromatic carbocycles. The van der Waals surface area contributed by atoms with Crippen LogP contribution in [0.15, 0.2) is 12.2 Å². The molecule has 8 aliphatic carbocycles. The predicted molar refractivity (Wildman–Crippen MR) is 81.1 cm³/mol. The van der Waals surface area contributed by atoms with Gasteiger partial charge >= 0.3 is 0 Å². The minimum absolute atomic E-state index is 1.04. The van der Waals surface area contributed by atoms with Gasteiger partial charge in [0.1, 0.15) is 0 Å². The van der Waals surface area contributed by atoms with Gasteiger partial charge in [-0.1, -0.05) is 12.2 Å². The lowest BCUT2D eigenvalue weighted by Gasteiger charge is -2.66. The lowest BCUT2D eigenvalue weighted by Crippen LogP contribution is -2.63. The van der Waals surface area contributed by atoms with Gasteiger partial charge in [-0.05, 0) is 115 Å². The van der Waals surface area contributed by atoms with Crippen LogP contribution in [0.5, 0.6) is 0 Å². The molecule has 21 heavy (non-hydrogen) atoms. The molecular weight excluding hydrogens is 252 g/mol. The van der Waals surface area contributed by atoms with E-state index in [4.69, 9.17) is 0 Å². The Kier molecular flexibility index (Phi) is 1.46. The molecule has 8 rings (SSSR count). The first-order valence-electron chi connectivity index (χ1n) is 10.1. The number of fused-ring (bicyclic) bond motifs is 22. The normalized spacial score (nSPS) is 79.2. The molecule has 0 nitrogen and oxygen atoms in total. The molecule has 6 bridgehead atoms. The highest BCUT2D eigenvalue weighted by Gasteiger charge is 2.79. The zero-order valence-electron chi connectivity index (χ0n) is 12.8. The van der Waals surface area contributed by atoms with E-state index in [9.17, 15) is 0 Å². The van der Waals surface area contributed by atoms with E-state index in [2.05, 4.69) is 12.2 Å². The fourth-order valence-electron chi connectivity index (χ4n) is 11.0. The van der Waals surface area contributed by atoms with Gasteiger partial charge in [-0.3, -0.25) is 0 Å². The van der Waals surface area contributed by atoms with E-state index in [1.165, 1.54) is 71.0 Å². The maximum atomic E-state index is 2.63. The van der Waals surface area contributed by atoms with Crippen molar-refractivity contribution in [3.8, 4) is 0 Å². The van der Waals surface area contributed by atoms with Gasteiger partial charge in [0.05, 0.1) is 0 Å². The largest absolute Gasteiger partial charge is 0.0848 e. The Balaban J connectivity index is 1.23. The molecule has 14 atom stereocenters. The van der Waals surface area contributed by atoms with Gasteiger partial charge in [0.15, 0.2) is 0 Å². The third-order valence-corrected chi connectivity index (χ3v) is 10.8. The molecule has 14 unspecified atom stereocenters. The summed E-state index contributed by atoms with van der Waals surface area (Å²) in [4.78, 5) is 0. The van der Waals surface area contributed by atoms with Crippen LogP contribution in [0.2, 0.25) is 0 Å². The van der Waals surface area contributed by atoms with Crippen LogP contribution in [0.25, 0.3) is 0 Å². The second-order valence-electron chi connectivity index (χ2n) is 10.5. The first-order valence-corrected chi connectivity index (χ1v) is 10.1. The van der Waals surface area contributed by atoms with Crippen molar-refractivity contribution in [2.75, 3.05) is 0 Å². The summed E-state index contributed by atoms with van der Waals surface area (Å²) in [5.41, 5.74) is 0. The summed E-state index contributed by atoms with van der Waals surface area (Å²) in [6.45, 7) is 0. The second-order valence-corrected chi connectivity index (χ2v) is 10.5. The molecule has 110 valence electrons. The van der Waals surface area contributed by atoms with Crippen molar-refractivity contribution in [2.45, 2.75) is 32.1 Å². The van der Waals surface area contributed by atoms with E-state index in [1.807, 2.05) is 0 Å². The SMILES string of the molecule is C1=CC2CC1C1C2C2C3CC(C12)C1C2C4CCC(C4)C2C31. The summed E-state index contributed by atoms with van der Waals surface area (Å²) >= 11 is 0. The summed E-state index contributed by atoms with van der Waals surface area (Å²) in [6.07, 6.45) is 13.4. The Morgan fingerprint density at radius 1 is 0.476 bits per heavy atom. The molecule has 0 aromatic rings. The van der Waals surface area contributed by atoms with Gasteiger partial charge in [0.25, 0.3) is 0 Å². The van der Waals surface area contributed by atoms with Gasteiger partial charge < -0.3 is 0 Å². The lowest BCUT2D eigenvalue weighted by molar-refractivity contribution is -0.190. The molecule has 0 amide bonds. The highest BCUT2D eigenvalue weighted by atomic mass is 14.8. The molecule has 8 aliphatic rings. The average Bonchev–Trinajstić information content (AvgIpc) is 3.17. The molecule has 0 aliphatic heterocycles. The van der Waals surface area contributed by atoms with E-state index < -0.39 is 0 Å². The smallest absolute Gasteiger partial charge is 0.0194 e. The van der Waals surface area contributed by atoms with Crippen LogP contribution in [0.4, 0.5) is 0 Å². The Morgan fingerprint density at radius 3 is 1.57 bits per heavy atom. The van der Waals surface area contributed by atoms with Gasteiger partial charge in [-0.2, -0.15) is 0 Å². The number of hydrogen-bond acceptors (Lipinski definition) is 0. The van der Waals surface area contributed by atoms with E-state index in [-0.39, 0.29) is 0 Å². The minimum atomic E-state index is 1.04. The van der Waals surface area contributed by atoms with Crippen LogP contribution in [-0.4, -0.2) is 0 Å². The average molecular weight is 278 g/mol. The van der Waals surface area contributed by atoms with Gasteiger partial charge in [0.2, 0.25) is 0 Å². The van der Waals surface area contributed by atoms with Crippen LogP contribution < -0.4 is 0 Å². The maximum absolute atomic E-state index is 2.63. The fraction of sp³-hybridized carbons (Fsp3) is 0.905. The highest BCUT2D eigenvalue weighted by molar-refractivity contribution is 5.30. The molecule has 0 saturated heterocycles. The molecule has 0 aromatic heterocycles. The zero-order chi connectivity index (χ0) is 13.0. The summed E-state index contributed by atoms with van der Waals surface area (Å²) in [7, 11) is 0. The van der Waals surface area contributed by atoms with Gasteiger partial charge in [-0.15, -0.1) is 0 Å². The first-order chi connectivity index (χ1) is 10.4. The van der Waals surface area contributed by atoms with Crippen molar-refractivity contribution in [3.05, 3.63) is 12.2 Å². The summed E-state index contributed by atoms with van der Waals surface area (Å²) in [6, 6.07) is 0. The summed E-state index contributed by atoms with van der Waals surface area (Å²) in [5, 5.41) is 0. The van der Waals surface area contributed by atoms with Crippen LogP contribution in [0, 0.1) is 82.9 Å². The van der Waals surface area contributed by atoms with Crippen LogP contribution in [0.3, 0.4) is 0 Å². The van der Waals surface area contributed by atoms with Crippen LogP contribution in [0.1, 0.15) is 32.1 Å². The van der Waals surface area contributed by atoms with Crippen LogP contribution >= 0.6 is 0 Å². The second kappa shape index (κ2) is 2.92. The Bertz CT molecular complexity index is 541. The fourth-order valence-corrected chi connectivity index (χ4v) is 11.0. The van der Waals surface area contributed by atoms with Gasteiger partial charge in [0, 0.05) is 0 Å². The van der Waals surface area contributed by atoms with Crippen molar-refractivity contribution < 1.29 is 0 Å². The zero-order valence-corrected chi connectivity index (χ0v) is 12.8. The number of allylic oxidation sites excluding steroid dienone is 2. The lowest BCUT2D eigenvalue weighted by atomic mass is 9.38. The maximum Gasteiger partial charge on any atom is -0.0194 e. The van der Waals surface area contributed by atoms with E-state index in [0.717, 1.165) is 11.8 Å². The third kappa shape index (κ3) is 0.845. The van der Waals surface area contributed by atoms with E-state index in [1.54, 1.807) is 32.1 Å². The predicted octanol–water partition coefficient (Wildman–Crippen LogP) is 4.23. The standard InChI is InChI=1S/C21H26/c1-2-9-5-8(1)14-15(9)19-13-7-12(18(14)19)20-16-10-3-4-11(6-10)17(16)21(13)20/h1-2,8-21H,3-7H2.